The standard InChI is InChI=1S/C19H18Br2O/c1-19(2,3)14-10-8-13(17(21)12-14)9-11-18(22)15-6-4-5-7-16(15)20/h4-12H,1-3H3/b11-9+. The maximum absolute atomic E-state index is 12.2. The van der Waals surface area contributed by atoms with Crippen molar-refractivity contribution in [1.82, 2.24) is 0 Å². The molecule has 0 aromatic heterocycles. The van der Waals surface area contributed by atoms with Gasteiger partial charge in [-0.05, 0) is 46.9 Å². The number of hydrogen-bond acceptors (Lipinski definition) is 1. The summed E-state index contributed by atoms with van der Waals surface area (Å²) in [6.45, 7) is 6.54. The fraction of sp³-hybridized carbons (Fsp3) is 0.211. The van der Waals surface area contributed by atoms with E-state index in [-0.39, 0.29) is 11.2 Å². The summed E-state index contributed by atoms with van der Waals surface area (Å²) in [5.41, 5.74) is 3.03. The highest BCUT2D eigenvalue weighted by molar-refractivity contribution is 9.10. The second-order valence-corrected chi connectivity index (χ2v) is 7.87. The van der Waals surface area contributed by atoms with Gasteiger partial charge in [-0.15, -0.1) is 0 Å². The smallest absolute Gasteiger partial charge is 0.186 e. The summed E-state index contributed by atoms with van der Waals surface area (Å²) in [5.74, 6) is -0.0146. The van der Waals surface area contributed by atoms with E-state index in [9.17, 15) is 4.79 Å². The third-order valence-electron chi connectivity index (χ3n) is 3.42. The van der Waals surface area contributed by atoms with E-state index in [1.807, 2.05) is 36.4 Å². The summed E-state index contributed by atoms with van der Waals surface area (Å²) in [6.07, 6.45) is 3.45. The molecule has 0 bridgehead atoms. The fourth-order valence-electron chi connectivity index (χ4n) is 2.05. The Bertz CT molecular complexity index is 724. The van der Waals surface area contributed by atoms with Gasteiger partial charge in [0.15, 0.2) is 5.78 Å². The van der Waals surface area contributed by atoms with Crippen LogP contribution in [0.15, 0.2) is 57.5 Å². The first-order valence-electron chi connectivity index (χ1n) is 7.06. The van der Waals surface area contributed by atoms with E-state index in [1.165, 1.54) is 5.56 Å². The molecule has 0 aliphatic carbocycles. The molecule has 0 aliphatic rings. The summed E-state index contributed by atoms with van der Waals surface area (Å²) < 4.78 is 1.81. The average molecular weight is 422 g/mol. The summed E-state index contributed by atoms with van der Waals surface area (Å²) in [6, 6.07) is 13.7. The van der Waals surface area contributed by atoms with Crippen molar-refractivity contribution in [2.75, 3.05) is 0 Å². The highest BCUT2D eigenvalue weighted by atomic mass is 79.9. The lowest BCUT2D eigenvalue weighted by Crippen LogP contribution is -2.10. The van der Waals surface area contributed by atoms with Crippen molar-refractivity contribution in [2.45, 2.75) is 26.2 Å². The molecule has 0 heterocycles. The van der Waals surface area contributed by atoms with Gasteiger partial charge in [0, 0.05) is 14.5 Å². The Kier molecular flexibility index (Phi) is 5.41. The van der Waals surface area contributed by atoms with Crippen LogP contribution in [0.5, 0.6) is 0 Å². The third-order valence-corrected chi connectivity index (χ3v) is 4.80. The van der Waals surface area contributed by atoms with E-state index < -0.39 is 0 Å². The third kappa shape index (κ3) is 4.17. The molecule has 0 amide bonds. The first kappa shape index (κ1) is 17.2. The zero-order valence-corrected chi connectivity index (χ0v) is 16.0. The van der Waals surface area contributed by atoms with Crippen LogP contribution in [0.2, 0.25) is 0 Å². The van der Waals surface area contributed by atoms with E-state index in [0.29, 0.717) is 5.56 Å². The Morgan fingerprint density at radius 1 is 1.00 bits per heavy atom. The van der Waals surface area contributed by atoms with Crippen molar-refractivity contribution in [3.63, 3.8) is 0 Å². The van der Waals surface area contributed by atoms with Crippen LogP contribution in [0.4, 0.5) is 0 Å². The quantitative estimate of drug-likeness (QED) is 0.413. The second kappa shape index (κ2) is 6.93. The molecule has 0 saturated heterocycles. The molecular formula is C19H18Br2O. The van der Waals surface area contributed by atoms with Crippen molar-refractivity contribution in [3.05, 3.63) is 74.2 Å². The molecule has 0 fully saturated rings. The van der Waals surface area contributed by atoms with Crippen molar-refractivity contribution in [1.29, 1.82) is 0 Å². The molecule has 0 radical (unpaired) electrons. The van der Waals surface area contributed by atoms with Crippen LogP contribution in [0.1, 0.15) is 42.3 Å². The molecule has 3 heteroatoms. The Morgan fingerprint density at radius 3 is 2.27 bits per heavy atom. The van der Waals surface area contributed by atoms with Gasteiger partial charge in [0.2, 0.25) is 0 Å². The number of ketones is 1. The zero-order chi connectivity index (χ0) is 16.3. The molecule has 2 aromatic rings. The molecule has 0 atom stereocenters. The molecule has 114 valence electrons. The van der Waals surface area contributed by atoms with Crippen LogP contribution in [0.3, 0.4) is 0 Å². The summed E-state index contributed by atoms with van der Waals surface area (Å²) >= 11 is 6.99. The molecule has 1 nitrogen and oxygen atoms in total. The largest absolute Gasteiger partial charge is 0.289 e. The number of carbonyl (C=O) groups is 1. The Balaban J connectivity index is 2.24. The van der Waals surface area contributed by atoms with E-state index in [0.717, 1.165) is 14.5 Å². The van der Waals surface area contributed by atoms with Gasteiger partial charge in [-0.2, -0.15) is 0 Å². The topological polar surface area (TPSA) is 17.1 Å². The number of hydrogen-bond donors (Lipinski definition) is 0. The summed E-state index contributed by atoms with van der Waals surface area (Å²) in [5, 5.41) is 0. The highest BCUT2D eigenvalue weighted by Gasteiger charge is 2.14. The monoisotopic (exact) mass is 420 g/mol. The first-order chi connectivity index (χ1) is 10.3. The molecule has 0 aliphatic heterocycles. The van der Waals surface area contributed by atoms with Crippen molar-refractivity contribution >= 4 is 43.7 Å². The summed E-state index contributed by atoms with van der Waals surface area (Å²) in [4.78, 5) is 12.2. The predicted molar refractivity (Wildman–Crippen MR) is 100 cm³/mol. The summed E-state index contributed by atoms with van der Waals surface area (Å²) in [7, 11) is 0. The van der Waals surface area contributed by atoms with Gasteiger partial charge in [-0.1, -0.05) is 76.9 Å². The fourth-order valence-corrected chi connectivity index (χ4v) is 3.04. The van der Waals surface area contributed by atoms with E-state index in [4.69, 9.17) is 0 Å². The minimum Gasteiger partial charge on any atom is -0.289 e. The molecule has 22 heavy (non-hydrogen) atoms. The second-order valence-electron chi connectivity index (χ2n) is 6.16. The molecular weight excluding hydrogens is 404 g/mol. The lowest BCUT2D eigenvalue weighted by atomic mass is 9.86. The maximum Gasteiger partial charge on any atom is 0.186 e. The van der Waals surface area contributed by atoms with Crippen molar-refractivity contribution < 1.29 is 4.79 Å². The number of allylic oxidation sites excluding steroid dienone is 1. The van der Waals surface area contributed by atoms with Crippen LogP contribution in [-0.4, -0.2) is 5.78 Å². The van der Waals surface area contributed by atoms with E-state index in [2.05, 4.69) is 64.8 Å². The van der Waals surface area contributed by atoms with Gasteiger partial charge in [0.1, 0.15) is 0 Å². The minimum absolute atomic E-state index is 0.0146. The van der Waals surface area contributed by atoms with E-state index in [1.54, 1.807) is 6.08 Å². The lowest BCUT2D eigenvalue weighted by Gasteiger charge is -2.19. The van der Waals surface area contributed by atoms with Crippen LogP contribution in [0.25, 0.3) is 6.08 Å². The van der Waals surface area contributed by atoms with Crippen LogP contribution < -0.4 is 0 Å². The van der Waals surface area contributed by atoms with Gasteiger partial charge >= 0.3 is 0 Å². The minimum atomic E-state index is -0.0146. The Morgan fingerprint density at radius 2 is 1.68 bits per heavy atom. The molecule has 0 unspecified atom stereocenters. The molecule has 0 saturated carbocycles. The van der Waals surface area contributed by atoms with Gasteiger partial charge in [0.05, 0.1) is 0 Å². The average Bonchev–Trinajstić information content (AvgIpc) is 2.45. The molecule has 2 rings (SSSR count). The zero-order valence-electron chi connectivity index (χ0n) is 12.9. The number of carbonyl (C=O) groups excluding carboxylic acids is 1. The van der Waals surface area contributed by atoms with Crippen LogP contribution >= 0.6 is 31.9 Å². The SMILES string of the molecule is CC(C)(C)c1ccc(/C=C/C(=O)c2ccccc2Br)c(Br)c1. The Hall–Kier alpha value is -1.19. The molecule has 0 N–H and O–H groups in total. The van der Waals surface area contributed by atoms with Gasteiger partial charge < -0.3 is 0 Å². The van der Waals surface area contributed by atoms with Gasteiger partial charge in [-0.25, -0.2) is 0 Å². The van der Waals surface area contributed by atoms with Crippen molar-refractivity contribution in [3.8, 4) is 0 Å². The van der Waals surface area contributed by atoms with Crippen molar-refractivity contribution in [2.24, 2.45) is 0 Å². The number of benzene rings is 2. The normalized spacial score (nSPS) is 11.9. The van der Waals surface area contributed by atoms with E-state index >= 15 is 0 Å². The first-order valence-corrected chi connectivity index (χ1v) is 8.64. The Labute approximate surface area is 148 Å². The van der Waals surface area contributed by atoms with Gasteiger partial charge in [-0.3, -0.25) is 4.79 Å². The van der Waals surface area contributed by atoms with Crippen LogP contribution in [-0.2, 0) is 5.41 Å². The molecule has 0 spiro atoms. The number of halogens is 2. The van der Waals surface area contributed by atoms with Crippen LogP contribution in [0, 0.1) is 0 Å². The number of rotatable bonds is 3. The molecule has 2 aromatic carbocycles. The maximum atomic E-state index is 12.2. The highest BCUT2D eigenvalue weighted by Crippen LogP contribution is 2.28. The van der Waals surface area contributed by atoms with Gasteiger partial charge in [0.25, 0.3) is 0 Å². The predicted octanol–water partition coefficient (Wildman–Crippen LogP) is 6.41. The lowest BCUT2D eigenvalue weighted by molar-refractivity contribution is 0.104.